The molecule has 76 valence electrons. The Morgan fingerprint density at radius 3 is 2.79 bits per heavy atom. The Morgan fingerprint density at radius 1 is 1.64 bits per heavy atom. The van der Waals surface area contributed by atoms with Crippen molar-refractivity contribution in [2.24, 2.45) is 7.05 Å². The molecule has 0 aromatic carbocycles. The lowest BCUT2D eigenvalue weighted by Gasteiger charge is -2.07. The Hall–Kier alpha value is -1.85. The molecule has 6 nitrogen and oxygen atoms in total. The second-order valence-corrected chi connectivity index (χ2v) is 2.71. The van der Waals surface area contributed by atoms with E-state index in [4.69, 9.17) is 4.74 Å². The summed E-state index contributed by atoms with van der Waals surface area (Å²) in [6.45, 7) is 1.34. The summed E-state index contributed by atoms with van der Waals surface area (Å²) < 4.78 is 6.09. The first-order valence-corrected chi connectivity index (χ1v) is 3.94. The first-order valence-electron chi connectivity index (χ1n) is 3.94. The van der Waals surface area contributed by atoms with Crippen molar-refractivity contribution in [1.82, 2.24) is 9.55 Å². The molecule has 0 atom stereocenters. The van der Waals surface area contributed by atoms with Gasteiger partial charge in [0.15, 0.2) is 0 Å². The Bertz CT molecular complexity index is 411. The zero-order valence-corrected chi connectivity index (χ0v) is 8.20. The number of nitrogens with zero attached hydrogens (tertiary/aromatic N) is 2. The minimum atomic E-state index is -0.291. The van der Waals surface area contributed by atoms with Crippen molar-refractivity contribution in [3.63, 3.8) is 0 Å². The molecule has 0 unspecified atom stereocenters. The number of nitrogens with one attached hydrogen (secondary N) is 1. The first-order chi connectivity index (χ1) is 6.54. The van der Waals surface area contributed by atoms with Crippen LogP contribution in [0.2, 0.25) is 0 Å². The van der Waals surface area contributed by atoms with E-state index in [-0.39, 0.29) is 23.3 Å². The molecule has 0 radical (unpaired) electrons. The van der Waals surface area contributed by atoms with Gasteiger partial charge in [-0.15, -0.1) is 0 Å². The predicted molar refractivity (Wildman–Crippen MR) is 50.3 cm³/mol. The summed E-state index contributed by atoms with van der Waals surface area (Å²) in [5.74, 6) is -0.0924. The molecule has 0 saturated heterocycles. The molecule has 0 aliphatic heterocycles. The molecule has 0 bridgehead atoms. The van der Waals surface area contributed by atoms with E-state index < -0.39 is 0 Å². The SMILES string of the molecule is COc1nc(NC(C)=O)cc(=O)n1C. The summed E-state index contributed by atoms with van der Waals surface area (Å²) in [6.07, 6.45) is 0. The van der Waals surface area contributed by atoms with Crippen molar-refractivity contribution in [3.05, 3.63) is 16.4 Å². The van der Waals surface area contributed by atoms with Gasteiger partial charge in [0.1, 0.15) is 5.82 Å². The summed E-state index contributed by atoms with van der Waals surface area (Å²) in [5, 5.41) is 2.40. The third-order valence-corrected chi connectivity index (χ3v) is 1.58. The van der Waals surface area contributed by atoms with E-state index in [1.54, 1.807) is 0 Å². The number of anilines is 1. The van der Waals surface area contributed by atoms with Crippen LogP contribution in [0, 0.1) is 0 Å². The van der Waals surface area contributed by atoms with Gasteiger partial charge in [-0.25, -0.2) is 0 Å². The molecule has 1 amide bonds. The van der Waals surface area contributed by atoms with E-state index in [9.17, 15) is 9.59 Å². The fourth-order valence-corrected chi connectivity index (χ4v) is 0.945. The summed E-state index contributed by atoms with van der Waals surface area (Å²) in [5.41, 5.74) is -0.291. The Kier molecular flexibility index (Phi) is 2.85. The first kappa shape index (κ1) is 10.2. The van der Waals surface area contributed by atoms with Gasteiger partial charge >= 0.3 is 6.01 Å². The van der Waals surface area contributed by atoms with Crippen molar-refractivity contribution in [2.45, 2.75) is 6.92 Å². The minimum absolute atomic E-state index is 0.154. The van der Waals surface area contributed by atoms with Gasteiger partial charge in [-0.1, -0.05) is 0 Å². The molecule has 1 rings (SSSR count). The molecular formula is C8H11N3O3. The number of carbonyl (C=O) groups is 1. The van der Waals surface area contributed by atoms with E-state index in [0.29, 0.717) is 0 Å². The number of amides is 1. The molecule has 6 heteroatoms. The topological polar surface area (TPSA) is 73.2 Å². The largest absolute Gasteiger partial charge is 0.468 e. The fraction of sp³-hybridized carbons (Fsp3) is 0.375. The lowest BCUT2D eigenvalue weighted by molar-refractivity contribution is -0.114. The third kappa shape index (κ3) is 2.09. The van der Waals surface area contributed by atoms with Gasteiger partial charge in [0.25, 0.3) is 5.56 Å². The number of ether oxygens (including phenoxy) is 1. The normalized spacial score (nSPS) is 9.64. The number of carbonyl (C=O) groups excluding carboxylic acids is 1. The molecule has 0 saturated carbocycles. The zero-order valence-electron chi connectivity index (χ0n) is 8.20. The highest BCUT2D eigenvalue weighted by Gasteiger charge is 2.05. The maximum atomic E-state index is 11.3. The quantitative estimate of drug-likeness (QED) is 0.709. The average molecular weight is 197 g/mol. The van der Waals surface area contributed by atoms with Crippen LogP contribution in [0.3, 0.4) is 0 Å². The highest BCUT2D eigenvalue weighted by atomic mass is 16.5. The van der Waals surface area contributed by atoms with Crippen molar-refractivity contribution in [1.29, 1.82) is 0 Å². The molecule has 0 fully saturated rings. The zero-order chi connectivity index (χ0) is 10.7. The molecular weight excluding hydrogens is 186 g/mol. The molecule has 1 aromatic rings. The van der Waals surface area contributed by atoms with E-state index in [1.165, 1.54) is 31.7 Å². The second-order valence-electron chi connectivity index (χ2n) is 2.71. The van der Waals surface area contributed by atoms with E-state index in [2.05, 4.69) is 10.3 Å². The summed E-state index contributed by atoms with van der Waals surface area (Å²) >= 11 is 0. The molecule has 0 aliphatic rings. The standard InChI is InChI=1S/C8H11N3O3/c1-5(12)9-6-4-7(13)11(2)8(10-6)14-3/h4H,1-3H3,(H,9,12). The number of methoxy groups -OCH3 is 1. The summed E-state index contributed by atoms with van der Waals surface area (Å²) in [7, 11) is 2.94. The van der Waals surface area contributed by atoms with Crippen molar-refractivity contribution < 1.29 is 9.53 Å². The monoisotopic (exact) mass is 197 g/mol. The van der Waals surface area contributed by atoms with Gasteiger partial charge in [0, 0.05) is 20.0 Å². The highest BCUT2D eigenvalue weighted by Crippen LogP contribution is 2.06. The van der Waals surface area contributed by atoms with E-state index in [0.717, 1.165) is 0 Å². The van der Waals surface area contributed by atoms with Crippen LogP contribution >= 0.6 is 0 Å². The smallest absolute Gasteiger partial charge is 0.300 e. The van der Waals surface area contributed by atoms with Crippen molar-refractivity contribution >= 4 is 11.7 Å². The highest BCUT2D eigenvalue weighted by molar-refractivity contribution is 5.87. The molecule has 1 heterocycles. The Balaban J connectivity index is 3.16. The van der Waals surface area contributed by atoms with Gasteiger partial charge in [-0.05, 0) is 0 Å². The fourth-order valence-electron chi connectivity index (χ4n) is 0.945. The van der Waals surface area contributed by atoms with Gasteiger partial charge < -0.3 is 10.1 Å². The molecule has 14 heavy (non-hydrogen) atoms. The number of hydrogen-bond acceptors (Lipinski definition) is 4. The average Bonchev–Trinajstić information content (AvgIpc) is 2.10. The van der Waals surface area contributed by atoms with Gasteiger partial charge in [-0.2, -0.15) is 4.98 Å². The van der Waals surface area contributed by atoms with Crippen molar-refractivity contribution in [3.8, 4) is 6.01 Å². The molecule has 1 N–H and O–H groups in total. The Morgan fingerprint density at radius 2 is 2.29 bits per heavy atom. The van der Waals surface area contributed by atoms with Crippen LogP contribution in [0.25, 0.3) is 0 Å². The third-order valence-electron chi connectivity index (χ3n) is 1.58. The maximum Gasteiger partial charge on any atom is 0.300 e. The number of rotatable bonds is 2. The maximum absolute atomic E-state index is 11.3. The van der Waals surface area contributed by atoms with E-state index >= 15 is 0 Å². The van der Waals surface area contributed by atoms with Crippen molar-refractivity contribution in [2.75, 3.05) is 12.4 Å². The van der Waals surface area contributed by atoms with Crippen LogP contribution in [0.4, 0.5) is 5.82 Å². The van der Waals surface area contributed by atoms with Crippen LogP contribution in [0.15, 0.2) is 10.9 Å². The van der Waals surface area contributed by atoms with E-state index in [1.807, 2.05) is 0 Å². The van der Waals surface area contributed by atoms with Gasteiger partial charge in [0.05, 0.1) is 7.11 Å². The lowest BCUT2D eigenvalue weighted by Crippen LogP contribution is -2.21. The van der Waals surface area contributed by atoms with Gasteiger partial charge in [-0.3, -0.25) is 14.2 Å². The lowest BCUT2D eigenvalue weighted by atomic mass is 10.5. The van der Waals surface area contributed by atoms with Crippen LogP contribution in [-0.4, -0.2) is 22.6 Å². The van der Waals surface area contributed by atoms with Crippen LogP contribution in [0.1, 0.15) is 6.92 Å². The Labute approximate surface area is 80.5 Å². The molecule has 0 spiro atoms. The van der Waals surface area contributed by atoms with Gasteiger partial charge in [0.2, 0.25) is 5.91 Å². The predicted octanol–water partition coefficient (Wildman–Crippen LogP) is -0.253. The second kappa shape index (κ2) is 3.91. The van der Waals surface area contributed by atoms with Crippen LogP contribution < -0.4 is 15.6 Å². The minimum Gasteiger partial charge on any atom is -0.468 e. The summed E-state index contributed by atoms with van der Waals surface area (Å²) in [6, 6.07) is 1.38. The molecule has 0 aliphatic carbocycles. The molecule has 1 aromatic heterocycles. The number of aromatic nitrogens is 2. The van der Waals surface area contributed by atoms with Crippen LogP contribution in [-0.2, 0) is 11.8 Å². The van der Waals surface area contributed by atoms with Crippen LogP contribution in [0.5, 0.6) is 6.01 Å². The summed E-state index contributed by atoms with van der Waals surface area (Å²) in [4.78, 5) is 25.9. The number of hydrogen-bond donors (Lipinski definition) is 1.